The van der Waals surface area contributed by atoms with E-state index in [-0.39, 0.29) is 0 Å². The molecule has 2 heteroatoms. The largest absolute Gasteiger partial charge is 0.387 e. The maximum atomic E-state index is 10.5. The van der Waals surface area contributed by atoms with Gasteiger partial charge in [-0.1, -0.05) is 43.5 Å². The van der Waals surface area contributed by atoms with Crippen molar-refractivity contribution < 1.29 is 10.2 Å². The molecule has 0 aliphatic heterocycles. The van der Waals surface area contributed by atoms with E-state index in [0.717, 1.165) is 31.2 Å². The minimum Gasteiger partial charge on any atom is -0.387 e. The minimum atomic E-state index is -0.891. The Kier molecular flexibility index (Phi) is 3.16. The Balaban J connectivity index is 1.82. The summed E-state index contributed by atoms with van der Waals surface area (Å²) in [5.74, 6) is 0.676. The van der Waals surface area contributed by atoms with Gasteiger partial charge in [0.1, 0.15) is 6.10 Å². The van der Waals surface area contributed by atoms with Crippen LogP contribution < -0.4 is 0 Å². The van der Waals surface area contributed by atoms with E-state index in [4.69, 9.17) is 0 Å². The summed E-state index contributed by atoms with van der Waals surface area (Å²) in [7, 11) is 0. The number of aliphatic hydroxyl groups is 2. The van der Waals surface area contributed by atoms with E-state index < -0.39 is 11.7 Å². The van der Waals surface area contributed by atoms with Gasteiger partial charge in [-0.15, -0.1) is 0 Å². The summed E-state index contributed by atoms with van der Waals surface area (Å²) in [5.41, 5.74) is 1.33. The monoisotopic (exact) mass is 246 g/mol. The van der Waals surface area contributed by atoms with Crippen LogP contribution in [-0.4, -0.2) is 15.8 Å². The van der Waals surface area contributed by atoms with Crippen LogP contribution in [0.4, 0.5) is 0 Å². The number of benzene rings is 1. The molecule has 98 valence electrons. The van der Waals surface area contributed by atoms with Gasteiger partial charge in [0, 0.05) is 0 Å². The molecule has 2 N–H and O–H groups in total. The summed E-state index contributed by atoms with van der Waals surface area (Å²) in [6.45, 7) is 0. The summed E-state index contributed by atoms with van der Waals surface area (Å²) in [4.78, 5) is 0. The van der Waals surface area contributed by atoms with Crippen molar-refractivity contribution in [1.29, 1.82) is 0 Å². The molecule has 3 rings (SSSR count). The number of hydrogen-bond acceptors (Lipinski definition) is 2. The zero-order valence-electron chi connectivity index (χ0n) is 10.8. The van der Waals surface area contributed by atoms with Crippen molar-refractivity contribution in [3.8, 4) is 0 Å². The highest BCUT2D eigenvalue weighted by molar-refractivity contribution is 5.30. The predicted octanol–water partition coefficient (Wildman–Crippen LogP) is 3.29. The summed E-state index contributed by atoms with van der Waals surface area (Å²) >= 11 is 0. The van der Waals surface area contributed by atoms with Crippen LogP contribution in [0.2, 0.25) is 0 Å². The lowest BCUT2D eigenvalue weighted by Crippen LogP contribution is -2.33. The van der Waals surface area contributed by atoms with E-state index in [1.165, 1.54) is 24.8 Å². The van der Waals surface area contributed by atoms with Gasteiger partial charge in [0.15, 0.2) is 0 Å². The average molecular weight is 246 g/mol. The predicted molar refractivity (Wildman–Crippen MR) is 71.4 cm³/mol. The van der Waals surface area contributed by atoms with Gasteiger partial charge in [0.2, 0.25) is 0 Å². The van der Waals surface area contributed by atoms with Gasteiger partial charge in [-0.05, 0) is 42.7 Å². The maximum absolute atomic E-state index is 10.5. The standard InChI is InChI=1S/C16H22O2/c17-15(16(18)9-1-2-10-16)14-8-4-7-13(11-14)12-5-3-6-12/h4,7-8,11-12,15,17-18H,1-3,5-6,9-10H2. The van der Waals surface area contributed by atoms with Crippen molar-refractivity contribution in [2.24, 2.45) is 0 Å². The molecule has 0 radical (unpaired) electrons. The van der Waals surface area contributed by atoms with Gasteiger partial charge in [0.05, 0.1) is 5.60 Å². The molecule has 1 atom stereocenters. The molecule has 2 aliphatic rings. The molecule has 2 fully saturated rings. The molecule has 0 saturated heterocycles. The molecule has 0 bridgehead atoms. The SMILES string of the molecule is OC(c1cccc(C2CCC2)c1)C1(O)CCCC1. The summed E-state index contributed by atoms with van der Waals surface area (Å²) in [6.07, 6.45) is 6.63. The summed E-state index contributed by atoms with van der Waals surface area (Å²) in [5, 5.41) is 20.9. The molecule has 18 heavy (non-hydrogen) atoms. The third-order valence-electron chi connectivity index (χ3n) is 4.78. The third-order valence-corrected chi connectivity index (χ3v) is 4.78. The van der Waals surface area contributed by atoms with Gasteiger partial charge in [-0.2, -0.15) is 0 Å². The highest BCUT2D eigenvalue weighted by Crippen LogP contribution is 2.41. The van der Waals surface area contributed by atoms with Gasteiger partial charge in [0.25, 0.3) is 0 Å². The van der Waals surface area contributed by atoms with E-state index in [1.807, 2.05) is 12.1 Å². The van der Waals surface area contributed by atoms with Crippen molar-refractivity contribution in [2.45, 2.75) is 62.6 Å². The highest BCUT2D eigenvalue weighted by atomic mass is 16.3. The van der Waals surface area contributed by atoms with Crippen LogP contribution in [0.1, 0.15) is 68.1 Å². The molecular formula is C16H22O2. The quantitative estimate of drug-likeness (QED) is 0.859. The van der Waals surface area contributed by atoms with Crippen molar-refractivity contribution >= 4 is 0 Å². The van der Waals surface area contributed by atoms with E-state index in [1.54, 1.807) is 0 Å². The second-order valence-electron chi connectivity index (χ2n) is 6.01. The average Bonchev–Trinajstić information content (AvgIpc) is 2.75. The number of hydrogen-bond donors (Lipinski definition) is 2. The first-order valence-electron chi connectivity index (χ1n) is 7.19. The van der Waals surface area contributed by atoms with E-state index in [9.17, 15) is 10.2 Å². The van der Waals surface area contributed by atoms with Crippen LogP contribution in [0.3, 0.4) is 0 Å². The molecule has 1 aromatic carbocycles. The van der Waals surface area contributed by atoms with Crippen LogP contribution in [0, 0.1) is 0 Å². The fourth-order valence-corrected chi connectivity index (χ4v) is 3.30. The highest BCUT2D eigenvalue weighted by Gasteiger charge is 2.39. The Hall–Kier alpha value is -0.860. The van der Waals surface area contributed by atoms with Gasteiger partial charge in [-0.25, -0.2) is 0 Å². The third kappa shape index (κ3) is 2.08. The van der Waals surface area contributed by atoms with Gasteiger partial charge in [-0.3, -0.25) is 0 Å². The fraction of sp³-hybridized carbons (Fsp3) is 0.625. The molecule has 2 nitrogen and oxygen atoms in total. The maximum Gasteiger partial charge on any atom is 0.108 e. The molecule has 2 aliphatic carbocycles. The first kappa shape index (κ1) is 12.2. The minimum absolute atomic E-state index is 0.676. The van der Waals surface area contributed by atoms with E-state index in [2.05, 4.69) is 12.1 Å². The Bertz CT molecular complexity index is 417. The second kappa shape index (κ2) is 4.67. The van der Waals surface area contributed by atoms with Crippen LogP contribution in [0.15, 0.2) is 24.3 Å². The Labute approximate surface area is 109 Å². The first-order valence-corrected chi connectivity index (χ1v) is 7.19. The Morgan fingerprint density at radius 3 is 2.44 bits per heavy atom. The number of aliphatic hydroxyl groups excluding tert-OH is 1. The van der Waals surface area contributed by atoms with E-state index >= 15 is 0 Å². The zero-order chi connectivity index (χ0) is 12.6. The molecule has 0 aromatic heterocycles. The van der Waals surface area contributed by atoms with Crippen molar-refractivity contribution in [3.63, 3.8) is 0 Å². The Morgan fingerprint density at radius 1 is 1.11 bits per heavy atom. The smallest absolute Gasteiger partial charge is 0.108 e. The van der Waals surface area contributed by atoms with Crippen LogP contribution in [-0.2, 0) is 0 Å². The lowest BCUT2D eigenvalue weighted by Gasteiger charge is -2.30. The van der Waals surface area contributed by atoms with Crippen LogP contribution in [0.25, 0.3) is 0 Å². The fourth-order valence-electron chi connectivity index (χ4n) is 3.30. The molecular weight excluding hydrogens is 224 g/mol. The van der Waals surface area contributed by atoms with Crippen LogP contribution in [0.5, 0.6) is 0 Å². The first-order chi connectivity index (χ1) is 8.69. The van der Waals surface area contributed by atoms with Gasteiger partial charge >= 0.3 is 0 Å². The molecule has 1 unspecified atom stereocenters. The normalized spacial score (nSPS) is 24.8. The van der Waals surface area contributed by atoms with Crippen molar-refractivity contribution in [1.82, 2.24) is 0 Å². The lowest BCUT2D eigenvalue weighted by molar-refractivity contribution is -0.0719. The lowest BCUT2D eigenvalue weighted by atomic mass is 9.78. The topological polar surface area (TPSA) is 40.5 Å². The molecule has 0 spiro atoms. The second-order valence-corrected chi connectivity index (χ2v) is 6.01. The van der Waals surface area contributed by atoms with Crippen molar-refractivity contribution in [3.05, 3.63) is 35.4 Å². The van der Waals surface area contributed by atoms with Crippen molar-refractivity contribution in [2.75, 3.05) is 0 Å². The van der Waals surface area contributed by atoms with Gasteiger partial charge < -0.3 is 10.2 Å². The van der Waals surface area contributed by atoms with E-state index in [0.29, 0.717) is 5.92 Å². The molecule has 0 heterocycles. The summed E-state index contributed by atoms with van der Waals surface area (Å²) in [6, 6.07) is 8.22. The molecule has 0 amide bonds. The molecule has 1 aromatic rings. The Morgan fingerprint density at radius 2 is 1.83 bits per heavy atom. The zero-order valence-corrected chi connectivity index (χ0v) is 10.8. The summed E-state index contributed by atoms with van der Waals surface area (Å²) < 4.78 is 0. The number of rotatable bonds is 3. The molecule has 2 saturated carbocycles. The van der Waals surface area contributed by atoms with Crippen LogP contribution >= 0.6 is 0 Å².